The predicted octanol–water partition coefficient (Wildman–Crippen LogP) is 6.18. The van der Waals surface area contributed by atoms with Crippen molar-refractivity contribution < 1.29 is 13.2 Å². The number of hydrogen-bond acceptors (Lipinski definition) is 2. The Hall–Kier alpha value is -2.04. The number of aliphatic imine (C=N–C) groups is 1. The lowest BCUT2D eigenvalue weighted by Crippen LogP contribution is -2.37. The summed E-state index contributed by atoms with van der Waals surface area (Å²) in [6, 6.07) is 2.39. The molecule has 0 N–H and O–H groups in total. The van der Waals surface area contributed by atoms with Crippen LogP contribution in [0, 0.1) is 11.6 Å². The van der Waals surface area contributed by atoms with Gasteiger partial charge in [-0.1, -0.05) is 31.6 Å². The molecule has 1 unspecified atom stereocenters. The quantitative estimate of drug-likeness (QED) is 0.506. The highest BCUT2D eigenvalue weighted by Gasteiger charge is 2.26. The Morgan fingerprint density at radius 2 is 2.04 bits per heavy atom. The van der Waals surface area contributed by atoms with E-state index in [0.29, 0.717) is 29.0 Å². The van der Waals surface area contributed by atoms with E-state index in [1.54, 1.807) is 6.92 Å². The number of nitrogens with zero attached hydrogens (tertiary/aromatic N) is 2. The van der Waals surface area contributed by atoms with Gasteiger partial charge < -0.3 is 4.90 Å². The molecule has 1 aromatic rings. The molecular formula is C23H31F3N2. The standard InChI is InChI=1S/C23H31F3N2/c1-6-17(4)20-12-18(25)13-21(26)22(20)23-27-19(9-10-28(23)5)8-7-15(2)11-16(3)14-24/h7,11-13,17,19H,6,8-10,14H2,1-5H3/b15-7-,16-11-/t17?,19-/m1/s1. The SMILES string of the molecule is CCC(C)c1cc(F)cc(F)c1C1=N[C@H](C/C=C(C)\C=C(\C)CF)CCN1C. The van der Waals surface area contributed by atoms with Gasteiger partial charge in [0.2, 0.25) is 0 Å². The van der Waals surface area contributed by atoms with Crippen LogP contribution in [-0.2, 0) is 0 Å². The third kappa shape index (κ3) is 5.49. The van der Waals surface area contributed by atoms with Crippen molar-refractivity contribution in [1.29, 1.82) is 0 Å². The van der Waals surface area contributed by atoms with Crippen molar-refractivity contribution in [2.45, 2.75) is 58.9 Å². The second-order valence-corrected chi connectivity index (χ2v) is 7.79. The van der Waals surface area contributed by atoms with Crippen LogP contribution < -0.4 is 0 Å². The Labute approximate surface area is 166 Å². The van der Waals surface area contributed by atoms with Crippen molar-refractivity contribution in [3.63, 3.8) is 0 Å². The number of amidine groups is 1. The minimum atomic E-state index is -0.560. The van der Waals surface area contributed by atoms with Crippen molar-refractivity contribution in [2.24, 2.45) is 4.99 Å². The van der Waals surface area contributed by atoms with Crippen molar-refractivity contribution in [1.82, 2.24) is 4.90 Å². The van der Waals surface area contributed by atoms with Gasteiger partial charge in [0, 0.05) is 19.7 Å². The summed E-state index contributed by atoms with van der Waals surface area (Å²) in [6.45, 7) is 7.99. The van der Waals surface area contributed by atoms with Crippen LogP contribution in [0.5, 0.6) is 0 Å². The normalized spacial score (nSPS) is 19.6. The molecule has 1 aromatic carbocycles. The molecule has 0 saturated carbocycles. The fraction of sp³-hybridized carbons (Fsp3) is 0.522. The summed E-state index contributed by atoms with van der Waals surface area (Å²) >= 11 is 0. The van der Waals surface area contributed by atoms with Crippen LogP contribution in [0.25, 0.3) is 0 Å². The molecule has 0 radical (unpaired) electrons. The van der Waals surface area contributed by atoms with E-state index >= 15 is 0 Å². The lowest BCUT2D eigenvalue weighted by atomic mass is 9.91. The molecule has 0 saturated heterocycles. The summed E-state index contributed by atoms with van der Waals surface area (Å²) in [5.41, 5.74) is 2.77. The molecule has 1 heterocycles. The maximum atomic E-state index is 14.8. The monoisotopic (exact) mass is 392 g/mol. The Morgan fingerprint density at radius 1 is 1.32 bits per heavy atom. The molecule has 28 heavy (non-hydrogen) atoms. The highest BCUT2D eigenvalue weighted by molar-refractivity contribution is 6.00. The topological polar surface area (TPSA) is 15.6 Å². The average Bonchev–Trinajstić information content (AvgIpc) is 2.66. The van der Waals surface area contributed by atoms with Gasteiger partial charge >= 0.3 is 0 Å². The molecule has 5 heteroatoms. The molecule has 2 nitrogen and oxygen atoms in total. The van der Waals surface area contributed by atoms with Gasteiger partial charge in [-0.3, -0.25) is 4.99 Å². The summed E-state index contributed by atoms with van der Waals surface area (Å²) in [5.74, 6) is -0.492. The second kappa shape index (κ2) is 9.94. The Balaban J connectivity index is 2.38. The molecule has 2 atom stereocenters. The van der Waals surface area contributed by atoms with Gasteiger partial charge in [-0.05, 0) is 56.2 Å². The fourth-order valence-electron chi connectivity index (χ4n) is 3.46. The third-order valence-corrected chi connectivity index (χ3v) is 5.31. The van der Waals surface area contributed by atoms with Gasteiger partial charge in [-0.25, -0.2) is 13.2 Å². The molecule has 0 bridgehead atoms. The van der Waals surface area contributed by atoms with Gasteiger partial charge in [-0.15, -0.1) is 0 Å². The highest BCUT2D eigenvalue weighted by Crippen LogP contribution is 2.29. The first-order valence-electron chi connectivity index (χ1n) is 9.94. The van der Waals surface area contributed by atoms with E-state index in [1.165, 1.54) is 6.07 Å². The molecule has 2 rings (SSSR count). The summed E-state index contributed by atoms with van der Waals surface area (Å²) in [4.78, 5) is 6.76. The van der Waals surface area contributed by atoms with E-state index in [0.717, 1.165) is 31.0 Å². The molecule has 0 amide bonds. The molecule has 1 aliphatic heterocycles. The van der Waals surface area contributed by atoms with Crippen LogP contribution in [0.3, 0.4) is 0 Å². The number of alkyl halides is 1. The van der Waals surface area contributed by atoms with Crippen LogP contribution in [0.4, 0.5) is 13.2 Å². The zero-order chi connectivity index (χ0) is 20.8. The van der Waals surface area contributed by atoms with Gasteiger partial charge in [-0.2, -0.15) is 0 Å². The fourth-order valence-corrected chi connectivity index (χ4v) is 3.46. The van der Waals surface area contributed by atoms with Crippen molar-refractivity contribution in [2.75, 3.05) is 20.3 Å². The second-order valence-electron chi connectivity index (χ2n) is 7.79. The van der Waals surface area contributed by atoms with Crippen molar-refractivity contribution >= 4 is 5.84 Å². The maximum Gasteiger partial charge on any atom is 0.137 e. The summed E-state index contributed by atoms with van der Waals surface area (Å²) in [7, 11) is 1.90. The van der Waals surface area contributed by atoms with E-state index < -0.39 is 18.3 Å². The predicted molar refractivity (Wildman–Crippen MR) is 111 cm³/mol. The van der Waals surface area contributed by atoms with Crippen molar-refractivity contribution in [3.8, 4) is 0 Å². The first-order valence-corrected chi connectivity index (χ1v) is 9.94. The summed E-state index contributed by atoms with van der Waals surface area (Å²) < 4.78 is 41.3. The first-order chi connectivity index (χ1) is 13.3. The zero-order valence-electron chi connectivity index (χ0n) is 17.5. The lowest BCUT2D eigenvalue weighted by Gasteiger charge is -2.31. The highest BCUT2D eigenvalue weighted by atomic mass is 19.1. The van der Waals surface area contributed by atoms with E-state index in [4.69, 9.17) is 4.99 Å². The summed E-state index contributed by atoms with van der Waals surface area (Å²) in [5, 5.41) is 0. The lowest BCUT2D eigenvalue weighted by molar-refractivity contribution is 0.416. The van der Waals surface area contributed by atoms with Gasteiger partial charge in [0.25, 0.3) is 0 Å². The van der Waals surface area contributed by atoms with E-state index in [2.05, 4.69) is 0 Å². The minimum absolute atomic E-state index is 0.0227. The number of halogens is 3. The number of benzene rings is 1. The van der Waals surface area contributed by atoms with Crippen molar-refractivity contribution in [3.05, 3.63) is 58.2 Å². The van der Waals surface area contributed by atoms with Crippen LogP contribution in [0.15, 0.2) is 40.4 Å². The molecule has 154 valence electrons. The van der Waals surface area contributed by atoms with Crippen LogP contribution in [0.1, 0.15) is 64.0 Å². The van der Waals surface area contributed by atoms with E-state index in [-0.39, 0.29) is 12.0 Å². The van der Waals surface area contributed by atoms with Gasteiger partial charge in [0.05, 0.1) is 11.6 Å². The Morgan fingerprint density at radius 3 is 2.68 bits per heavy atom. The third-order valence-electron chi connectivity index (χ3n) is 5.31. The first kappa shape index (κ1) is 22.3. The molecule has 0 aromatic heterocycles. The minimum Gasteiger partial charge on any atom is -0.359 e. The van der Waals surface area contributed by atoms with Gasteiger partial charge in [0.15, 0.2) is 0 Å². The molecule has 0 aliphatic carbocycles. The van der Waals surface area contributed by atoms with E-state index in [1.807, 2.05) is 44.9 Å². The zero-order valence-corrected chi connectivity index (χ0v) is 17.5. The number of hydrogen-bond donors (Lipinski definition) is 0. The van der Waals surface area contributed by atoms with Crippen LogP contribution in [0.2, 0.25) is 0 Å². The van der Waals surface area contributed by atoms with Crippen LogP contribution >= 0.6 is 0 Å². The Bertz CT molecular complexity index is 780. The molecule has 1 aliphatic rings. The van der Waals surface area contributed by atoms with Crippen LogP contribution in [-0.4, -0.2) is 37.0 Å². The average molecular weight is 393 g/mol. The maximum absolute atomic E-state index is 14.8. The Kier molecular flexibility index (Phi) is 7.90. The number of allylic oxidation sites excluding steroid dienone is 3. The molecule has 0 fully saturated rings. The molecular weight excluding hydrogens is 361 g/mol. The number of rotatable bonds is 7. The van der Waals surface area contributed by atoms with E-state index in [9.17, 15) is 13.2 Å². The summed E-state index contributed by atoms with van der Waals surface area (Å²) in [6.07, 6.45) is 6.24. The smallest absolute Gasteiger partial charge is 0.137 e. The van der Waals surface area contributed by atoms with Gasteiger partial charge in [0.1, 0.15) is 24.1 Å². The largest absolute Gasteiger partial charge is 0.359 e. The molecule has 0 spiro atoms.